The number of ether oxygens (including phenoxy) is 2. The molecule has 2 aromatic carbocycles. The molecule has 0 bridgehead atoms. The quantitative estimate of drug-likeness (QED) is 0.504. The predicted molar refractivity (Wildman–Crippen MR) is 103 cm³/mol. The molecule has 140 valence electrons. The number of esters is 1. The fourth-order valence-corrected chi connectivity index (χ4v) is 3.08. The van der Waals surface area contributed by atoms with Crippen molar-refractivity contribution in [3.63, 3.8) is 0 Å². The molecule has 5 nitrogen and oxygen atoms in total. The molecule has 0 N–H and O–H groups in total. The maximum absolute atomic E-state index is 12.4. The van der Waals surface area contributed by atoms with Gasteiger partial charge in [0, 0.05) is 10.9 Å². The van der Waals surface area contributed by atoms with Gasteiger partial charge < -0.3 is 13.9 Å². The van der Waals surface area contributed by atoms with Crippen molar-refractivity contribution >= 4 is 16.9 Å². The molecule has 0 saturated carbocycles. The fraction of sp³-hybridized carbons (Fsp3) is 0.273. The van der Waals surface area contributed by atoms with E-state index in [1.807, 2.05) is 57.2 Å². The van der Waals surface area contributed by atoms with Crippen LogP contribution in [0.25, 0.3) is 11.0 Å². The van der Waals surface area contributed by atoms with E-state index in [0.717, 1.165) is 27.6 Å². The molecule has 0 aliphatic rings. The van der Waals surface area contributed by atoms with Gasteiger partial charge in [-0.15, -0.1) is 0 Å². The predicted octanol–water partition coefficient (Wildman–Crippen LogP) is 4.01. The Morgan fingerprint density at radius 1 is 1.04 bits per heavy atom. The van der Waals surface area contributed by atoms with Crippen molar-refractivity contribution in [2.45, 2.75) is 33.8 Å². The molecule has 0 amide bonds. The molecule has 0 aliphatic heterocycles. The molecule has 1 heterocycles. The number of rotatable bonds is 5. The molecular weight excluding hydrogens is 344 g/mol. The van der Waals surface area contributed by atoms with Gasteiger partial charge in [0.25, 0.3) is 0 Å². The van der Waals surface area contributed by atoms with E-state index in [9.17, 15) is 9.59 Å². The zero-order valence-corrected chi connectivity index (χ0v) is 15.9. The van der Waals surface area contributed by atoms with Crippen LogP contribution in [0, 0.1) is 20.8 Å². The standard InChI is InChI=1S/C22H22O5/c1-13-7-5-6-8-16(13)12-26-19-10-9-17-14(2)18(11-20(23)25-4)22(24)27-21(17)15(19)3/h5-10H,11-12H2,1-4H3. The molecule has 0 radical (unpaired) electrons. The lowest BCUT2D eigenvalue weighted by Crippen LogP contribution is -2.16. The topological polar surface area (TPSA) is 65.7 Å². The van der Waals surface area contributed by atoms with Crippen molar-refractivity contribution in [3.8, 4) is 5.75 Å². The lowest BCUT2D eigenvalue weighted by atomic mass is 10.0. The minimum atomic E-state index is -0.524. The molecule has 27 heavy (non-hydrogen) atoms. The highest BCUT2D eigenvalue weighted by Crippen LogP contribution is 2.30. The van der Waals surface area contributed by atoms with Crippen molar-refractivity contribution in [3.05, 3.63) is 74.6 Å². The van der Waals surface area contributed by atoms with E-state index < -0.39 is 11.6 Å². The second-order valence-corrected chi connectivity index (χ2v) is 6.53. The van der Waals surface area contributed by atoms with Crippen LogP contribution in [0.3, 0.4) is 0 Å². The van der Waals surface area contributed by atoms with Gasteiger partial charge in [-0.25, -0.2) is 4.79 Å². The van der Waals surface area contributed by atoms with E-state index in [2.05, 4.69) is 4.74 Å². The lowest BCUT2D eigenvalue weighted by Gasteiger charge is -2.14. The van der Waals surface area contributed by atoms with Crippen LogP contribution in [0.2, 0.25) is 0 Å². The van der Waals surface area contributed by atoms with Crippen LogP contribution in [0.4, 0.5) is 0 Å². The summed E-state index contributed by atoms with van der Waals surface area (Å²) in [5.74, 6) is 0.189. The van der Waals surface area contributed by atoms with Gasteiger partial charge in [-0.1, -0.05) is 24.3 Å². The normalized spacial score (nSPS) is 10.8. The summed E-state index contributed by atoms with van der Waals surface area (Å²) in [7, 11) is 1.29. The molecule has 3 rings (SSSR count). The Morgan fingerprint density at radius 3 is 2.48 bits per heavy atom. The number of carbonyl (C=O) groups excluding carboxylic acids is 1. The van der Waals surface area contributed by atoms with Crippen LogP contribution in [0.15, 0.2) is 45.6 Å². The van der Waals surface area contributed by atoms with Crippen molar-refractivity contribution in [1.29, 1.82) is 0 Å². The Labute approximate surface area is 157 Å². The fourth-order valence-electron chi connectivity index (χ4n) is 3.08. The number of aryl methyl sites for hydroxylation is 3. The zero-order chi connectivity index (χ0) is 19.6. The highest BCUT2D eigenvalue weighted by molar-refractivity contribution is 5.86. The summed E-state index contributed by atoms with van der Waals surface area (Å²) in [6.07, 6.45) is -0.106. The Bertz CT molecular complexity index is 1060. The highest BCUT2D eigenvalue weighted by atomic mass is 16.5. The van der Waals surface area contributed by atoms with Gasteiger partial charge in [0.05, 0.1) is 19.1 Å². The molecule has 0 aliphatic carbocycles. The number of hydrogen-bond acceptors (Lipinski definition) is 5. The largest absolute Gasteiger partial charge is 0.488 e. The van der Waals surface area contributed by atoms with Crippen molar-refractivity contribution in [2.24, 2.45) is 0 Å². The Hall–Kier alpha value is -3.08. The summed E-state index contributed by atoms with van der Waals surface area (Å²) in [6, 6.07) is 11.7. The van der Waals surface area contributed by atoms with Crippen LogP contribution in [0.1, 0.15) is 27.8 Å². The first kappa shape index (κ1) is 18.7. The number of carbonyl (C=O) groups is 1. The first-order valence-electron chi connectivity index (χ1n) is 8.72. The molecule has 5 heteroatoms. The van der Waals surface area contributed by atoms with Gasteiger partial charge in [0.2, 0.25) is 0 Å². The summed E-state index contributed by atoms with van der Waals surface area (Å²) < 4.78 is 16.2. The average Bonchev–Trinajstić information content (AvgIpc) is 2.66. The molecule has 0 spiro atoms. The van der Waals surface area contributed by atoms with Crippen LogP contribution in [-0.2, 0) is 22.6 Å². The van der Waals surface area contributed by atoms with E-state index in [0.29, 0.717) is 23.5 Å². The number of hydrogen-bond donors (Lipinski definition) is 0. The molecule has 0 saturated heterocycles. The third-order valence-corrected chi connectivity index (χ3v) is 4.85. The first-order valence-corrected chi connectivity index (χ1v) is 8.72. The highest BCUT2D eigenvalue weighted by Gasteiger charge is 2.17. The van der Waals surface area contributed by atoms with Gasteiger partial charge in [0.1, 0.15) is 17.9 Å². The van der Waals surface area contributed by atoms with Gasteiger partial charge in [-0.05, 0) is 49.6 Å². The van der Waals surface area contributed by atoms with E-state index >= 15 is 0 Å². The maximum Gasteiger partial charge on any atom is 0.340 e. The van der Waals surface area contributed by atoms with Crippen molar-refractivity contribution in [1.82, 2.24) is 0 Å². The molecule has 0 atom stereocenters. The average molecular weight is 366 g/mol. The van der Waals surface area contributed by atoms with E-state index in [4.69, 9.17) is 9.15 Å². The monoisotopic (exact) mass is 366 g/mol. The summed E-state index contributed by atoms with van der Waals surface area (Å²) in [4.78, 5) is 23.9. The lowest BCUT2D eigenvalue weighted by molar-refractivity contribution is -0.139. The smallest absolute Gasteiger partial charge is 0.340 e. The molecule has 0 unspecified atom stereocenters. The Morgan fingerprint density at radius 2 is 1.78 bits per heavy atom. The minimum Gasteiger partial charge on any atom is -0.488 e. The number of fused-ring (bicyclic) bond motifs is 1. The van der Waals surface area contributed by atoms with E-state index in [1.54, 1.807) is 0 Å². The minimum absolute atomic E-state index is 0.106. The van der Waals surface area contributed by atoms with Crippen molar-refractivity contribution < 1.29 is 18.7 Å². The molecule has 1 aromatic heterocycles. The van der Waals surface area contributed by atoms with E-state index in [-0.39, 0.29) is 6.42 Å². The van der Waals surface area contributed by atoms with Crippen LogP contribution in [0.5, 0.6) is 5.75 Å². The second-order valence-electron chi connectivity index (χ2n) is 6.53. The van der Waals surface area contributed by atoms with Crippen molar-refractivity contribution in [2.75, 3.05) is 7.11 Å². The molecule has 0 fully saturated rings. The summed E-state index contributed by atoms with van der Waals surface area (Å²) in [6.45, 7) is 6.14. The Balaban J connectivity index is 1.97. The van der Waals surface area contributed by atoms with Gasteiger partial charge in [-0.3, -0.25) is 4.79 Å². The summed E-state index contributed by atoms with van der Waals surface area (Å²) >= 11 is 0. The number of methoxy groups -OCH3 is 1. The van der Waals surface area contributed by atoms with Crippen LogP contribution < -0.4 is 10.4 Å². The number of benzene rings is 2. The Kier molecular flexibility index (Phi) is 5.31. The van der Waals surface area contributed by atoms with Gasteiger partial charge in [-0.2, -0.15) is 0 Å². The molecule has 3 aromatic rings. The van der Waals surface area contributed by atoms with Gasteiger partial charge in [0.15, 0.2) is 0 Å². The first-order chi connectivity index (χ1) is 12.9. The second kappa shape index (κ2) is 7.66. The molecular formula is C22H22O5. The van der Waals surface area contributed by atoms with Crippen LogP contribution >= 0.6 is 0 Å². The SMILES string of the molecule is COC(=O)Cc1c(C)c2ccc(OCc3ccccc3C)c(C)c2oc1=O. The van der Waals surface area contributed by atoms with E-state index in [1.165, 1.54) is 7.11 Å². The summed E-state index contributed by atoms with van der Waals surface area (Å²) in [5, 5.41) is 0.786. The summed E-state index contributed by atoms with van der Waals surface area (Å²) in [5.41, 5.74) is 4.01. The van der Waals surface area contributed by atoms with Gasteiger partial charge >= 0.3 is 11.6 Å². The third-order valence-electron chi connectivity index (χ3n) is 4.85. The van der Waals surface area contributed by atoms with Crippen LogP contribution in [-0.4, -0.2) is 13.1 Å². The zero-order valence-electron chi connectivity index (χ0n) is 15.9. The maximum atomic E-state index is 12.4. The third kappa shape index (κ3) is 3.72.